The van der Waals surface area contributed by atoms with Crippen molar-refractivity contribution in [3.05, 3.63) is 78.8 Å². The highest BCUT2D eigenvalue weighted by Gasteiger charge is 2.06. The van der Waals surface area contributed by atoms with E-state index in [1.807, 2.05) is 54.6 Å². The predicted molar refractivity (Wildman–Crippen MR) is 104 cm³/mol. The lowest BCUT2D eigenvalue weighted by atomic mass is 10.3. The number of aliphatic imine (C=N–C) groups is 1. The van der Waals surface area contributed by atoms with Crippen molar-refractivity contribution >= 4 is 17.6 Å². The number of anilines is 1. The summed E-state index contributed by atoms with van der Waals surface area (Å²) in [6.45, 7) is 0.685. The Kier molecular flexibility index (Phi) is 6.08. The Bertz CT molecular complexity index is 893. The van der Waals surface area contributed by atoms with Gasteiger partial charge < -0.3 is 25.5 Å². The molecule has 0 fully saturated rings. The van der Waals surface area contributed by atoms with E-state index >= 15 is 0 Å². The number of ether oxygens (including phenoxy) is 1. The van der Waals surface area contributed by atoms with Gasteiger partial charge in [0.15, 0.2) is 11.7 Å². The number of hydrogen-bond acceptors (Lipinski definition) is 4. The normalized spacial score (nSPS) is 11.0. The molecule has 0 unspecified atom stereocenters. The molecule has 1 aromatic heterocycles. The van der Waals surface area contributed by atoms with Crippen LogP contribution in [0.4, 0.5) is 5.69 Å². The summed E-state index contributed by atoms with van der Waals surface area (Å²) in [6.07, 6.45) is 1.45. The fourth-order valence-electron chi connectivity index (χ4n) is 2.29. The standard InChI is InChI=1S/C20H20N4O3/c21-20(23-12-11-22-19(25)18-10-5-13-26-18)24-15-6-4-9-17(14-15)27-16-7-2-1-3-8-16/h1-10,13-14H,11-12H2,(H,22,25)(H3,21,23,24). The second-order valence-electron chi connectivity index (χ2n) is 5.57. The van der Waals surface area contributed by atoms with Gasteiger partial charge in [-0.05, 0) is 36.4 Å². The summed E-state index contributed by atoms with van der Waals surface area (Å²) in [4.78, 5) is 15.9. The lowest BCUT2D eigenvalue weighted by Gasteiger charge is -2.09. The summed E-state index contributed by atoms with van der Waals surface area (Å²) in [5, 5.41) is 5.70. The van der Waals surface area contributed by atoms with Gasteiger partial charge in [-0.3, -0.25) is 9.79 Å². The molecular formula is C20H20N4O3. The fourth-order valence-corrected chi connectivity index (χ4v) is 2.29. The second-order valence-corrected chi connectivity index (χ2v) is 5.57. The minimum absolute atomic E-state index is 0.249. The van der Waals surface area contributed by atoms with Crippen molar-refractivity contribution in [1.82, 2.24) is 5.32 Å². The molecule has 138 valence electrons. The average Bonchev–Trinajstić information content (AvgIpc) is 3.21. The summed E-state index contributed by atoms with van der Waals surface area (Å²) < 4.78 is 10.8. The highest BCUT2D eigenvalue weighted by molar-refractivity contribution is 5.92. The van der Waals surface area contributed by atoms with Crippen LogP contribution < -0.4 is 21.1 Å². The molecule has 3 rings (SSSR count). The molecule has 7 heteroatoms. The summed E-state index contributed by atoms with van der Waals surface area (Å²) in [5.74, 6) is 1.67. The molecule has 0 atom stereocenters. The van der Waals surface area contributed by atoms with Crippen LogP contribution >= 0.6 is 0 Å². The smallest absolute Gasteiger partial charge is 0.287 e. The van der Waals surface area contributed by atoms with Gasteiger partial charge in [0.1, 0.15) is 11.5 Å². The summed E-state index contributed by atoms with van der Waals surface area (Å²) >= 11 is 0. The SMILES string of the molecule is NC(=NCCNC(=O)c1ccco1)Nc1cccc(Oc2ccccc2)c1. The van der Waals surface area contributed by atoms with Gasteiger partial charge in [0, 0.05) is 18.3 Å². The zero-order valence-corrected chi connectivity index (χ0v) is 14.6. The Morgan fingerprint density at radius 1 is 1.04 bits per heavy atom. The molecule has 7 nitrogen and oxygen atoms in total. The van der Waals surface area contributed by atoms with E-state index < -0.39 is 0 Å². The molecule has 0 bridgehead atoms. The van der Waals surface area contributed by atoms with Gasteiger partial charge in [-0.15, -0.1) is 0 Å². The molecule has 1 heterocycles. The number of nitrogens with two attached hydrogens (primary N) is 1. The molecule has 0 aliphatic rings. The molecule has 0 spiro atoms. The Balaban J connectivity index is 1.48. The molecule has 0 saturated carbocycles. The molecular weight excluding hydrogens is 344 g/mol. The third-order valence-electron chi connectivity index (χ3n) is 3.51. The maximum Gasteiger partial charge on any atom is 0.287 e. The number of nitrogens with zero attached hydrogens (tertiary/aromatic N) is 1. The molecule has 4 N–H and O–H groups in total. The molecule has 2 aromatic carbocycles. The van der Waals surface area contributed by atoms with Crippen LogP contribution in [0.25, 0.3) is 0 Å². The Hall–Kier alpha value is -3.74. The van der Waals surface area contributed by atoms with Crippen LogP contribution in [0.15, 0.2) is 82.4 Å². The topological polar surface area (TPSA) is 102 Å². The number of guanidine groups is 1. The largest absolute Gasteiger partial charge is 0.459 e. The van der Waals surface area contributed by atoms with E-state index in [1.54, 1.807) is 12.1 Å². The number of hydrogen-bond donors (Lipinski definition) is 3. The van der Waals surface area contributed by atoms with Crippen LogP contribution in [0.2, 0.25) is 0 Å². The number of rotatable bonds is 7. The zero-order valence-electron chi connectivity index (χ0n) is 14.6. The first-order chi connectivity index (χ1) is 13.2. The third kappa shape index (κ3) is 5.64. The van der Waals surface area contributed by atoms with E-state index in [9.17, 15) is 4.79 Å². The van der Waals surface area contributed by atoms with Crippen molar-refractivity contribution in [1.29, 1.82) is 0 Å². The van der Waals surface area contributed by atoms with E-state index in [4.69, 9.17) is 14.9 Å². The second kappa shape index (κ2) is 9.10. The number of para-hydroxylation sites is 1. The lowest BCUT2D eigenvalue weighted by Crippen LogP contribution is -2.28. The number of furan rings is 1. The van der Waals surface area contributed by atoms with Crippen molar-refractivity contribution < 1.29 is 13.9 Å². The van der Waals surface area contributed by atoms with Gasteiger partial charge in [-0.2, -0.15) is 0 Å². The van der Waals surface area contributed by atoms with Gasteiger partial charge in [0.25, 0.3) is 5.91 Å². The van der Waals surface area contributed by atoms with Crippen molar-refractivity contribution in [3.63, 3.8) is 0 Å². The minimum atomic E-state index is -0.285. The number of carbonyl (C=O) groups excluding carboxylic acids is 1. The summed E-state index contributed by atoms with van der Waals surface area (Å²) in [6, 6.07) is 20.2. The lowest BCUT2D eigenvalue weighted by molar-refractivity contribution is 0.0927. The van der Waals surface area contributed by atoms with E-state index in [1.165, 1.54) is 6.26 Å². The summed E-state index contributed by atoms with van der Waals surface area (Å²) in [5.41, 5.74) is 6.64. The van der Waals surface area contributed by atoms with Gasteiger partial charge in [0.2, 0.25) is 0 Å². The highest BCUT2D eigenvalue weighted by Crippen LogP contribution is 2.23. The highest BCUT2D eigenvalue weighted by atomic mass is 16.5. The number of benzene rings is 2. The van der Waals surface area contributed by atoms with Crippen LogP contribution in [0.3, 0.4) is 0 Å². The maximum atomic E-state index is 11.7. The summed E-state index contributed by atoms with van der Waals surface area (Å²) in [7, 11) is 0. The maximum absolute atomic E-state index is 11.7. The van der Waals surface area contributed by atoms with Crippen LogP contribution in [-0.4, -0.2) is 25.0 Å². The van der Waals surface area contributed by atoms with E-state index in [-0.39, 0.29) is 17.6 Å². The monoisotopic (exact) mass is 364 g/mol. The molecule has 0 radical (unpaired) electrons. The minimum Gasteiger partial charge on any atom is -0.459 e. The first-order valence-corrected chi connectivity index (χ1v) is 8.42. The molecule has 0 saturated heterocycles. The van der Waals surface area contributed by atoms with Crippen LogP contribution in [0.5, 0.6) is 11.5 Å². The first kappa shape index (κ1) is 18.1. The third-order valence-corrected chi connectivity index (χ3v) is 3.51. The van der Waals surface area contributed by atoms with Gasteiger partial charge in [0.05, 0.1) is 12.8 Å². The molecule has 3 aromatic rings. The Morgan fingerprint density at radius 2 is 1.85 bits per heavy atom. The Labute approximate surface area is 156 Å². The zero-order chi connectivity index (χ0) is 18.9. The van der Waals surface area contributed by atoms with Crippen LogP contribution in [0, 0.1) is 0 Å². The fraction of sp³-hybridized carbons (Fsp3) is 0.100. The molecule has 1 amide bonds. The number of carbonyl (C=O) groups is 1. The van der Waals surface area contributed by atoms with E-state index in [0.29, 0.717) is 18.8 Å². The van der Waals surface area contributed by atoms with Crippen molar-refractivity contribution in [3.8, 4) is 11.5 Å². The van der Waals surface area contributed by atoms with E-state index in [2.05, 4.69) is 15.6 Å². The van der Waals surface area contributed by atoms with Gasteiger partial charge in [-0.1, -0.05) is 24.3 Å². The van der Waals surface area contributed by atoms with Crippen LogP contribution in [0.1, 0.15) is 10.6 Å². The average molecular weight is 364 g/mol. The Morgan fingerprint density at radius 3 is 2.63 bits per heavy atom. The molecule has 27 heavy (non-hydrogen) atoms. The van der Waals surface area contributed by atoms with Crippen molar-refractivity contribution in [2.45, 2.75) is 0 Å². The van der Waals surface area contributed by atoms with Gasteiger partial charge >= 0.3 is 0 Å². The first-order valence-electron chi connectivity index (χ1n) is 8.42. The predicted octanol–water partition coefficient (Wildman–Crippen LogP) is 3.23. The van der Waals surface area contributed by atoms with Crippen molar-refractivity contribution in [2.24, 2.45) is 10.7 Å². The van der Waals surface area contributed by atoms with Crippen LogP contribution in [-0.2, 0) is 0 Å². The van der Waals surface area contributed by atoms with Crippen molar-refractivity contribution in [2.75, 3.05) is 18.4 Å². The number of amides is 1. The molecule has 0 aliphatic heterocycles. The number of nitrogens with one attached hydrogen (secondary N) is 2. The molecule has 0 aliphatic carbocycles. The van der Waals surface area contributed by atoms with Gasteiger partial charge in [-0.25, -0.2) is 0 Å². The quantitative estimate of drug-likeness (QED) is 0.339. The van der Waals surface area contributed by atoms with E-state index in [0.717, 1.165) is 11.4 Å².